The summed E-state index contributed by atoms with van der Waals surface area (Å²) in [6.07, 6.45) is 0. The van der Waals surface area contributed by atoms with Gasteiger partial charge in [0.25, 0.3) is 0 Å². The summed E-state index contributed by atoms with van der Waals surface area (Å²) in [4.78, 5) is 22.0. The van der Waals surface area contributed by atoms with Crippen molar-refractivity contribution in [2.75, 3.05) is 12.4 Å². The molecule has 7 heteroatoms. The highest BCUT2D eigenvalue weighted by atomic mass is 32.2. The second kappa shape index (κ2) is 5.72. The molecule has 0 aliphatic carbocycles. The van der Waals surface area contributed by atoms with Crippen LogP contribution in [0.5, 0.6) is 5.88 Å². The Morgan fingerprint density at radius 1 is 1.50 bits per heavy atom. The van der Waals surface area contributed by atoms with E-state index in [1.807, 2.05) is 13.0 Å². The number of nitrogens with zero attached hydrogens (tertiary/aromatic N) is 2. The van der Waals surface area contributed by atoms with E-state index < -0.39 is 5.97 Å². The lowest BCUT2D eigenvalue weighted by molar-refractivity contribution is -0.133. The Morgan fingerprint density at radius 3 is 3.06 bits per heavy atom. The summed E-state index contributed by atoms with van der Waals surface area (Å²) in [5.74, 6) is 1.02. The number of fused-ring (bicyclic) bond motifs is 1. The normalized spacial score (nSPS) is 10.7. The molecule has 0 aliphatic rings. The first-order valence-electron chi connectivity index (χ1n) is 5.47. The maximum absolute atomic E-state index is 10.4. The average molecular weight is 267 g/mol. The molecule has 2 aromatic heterocycles. The summed E-state index contributed by atoms with van der Waals surface area (Å²) < 4.78 is 5.29. The lowest BCUT2D eigenvalue weighted by atomic mass is 10.4. The number of pyridine rings is 1. The first kappa shape index (κ1) is 12.7. The summed E-state index contributed by atoms with van der Waals surface area (Å²) >= 11 is 1.29. The van der Waals surface area contributed by atoms with E-state index in [0.717, 1.165) is 11.3 Å². The summed E-state index contributed by atoms with van der Waals surface area (Å²) in [6, 6.07) is 3.63. The highest BCUT2D eigenvalue weighted by Crippen LogP contribution is 2.17. The van der Waals surface area contributed by atoms with Crippen molar-refractivity contribution in [3.8, 4) is 5.88 Å². The number of nitrogens with one attached hydrogen (secondary N) is 1. The Morgan fingerprint density at radius 2 is 2.33 bits per heavy atom. The topological polar surface area (TPSA) is 88.1 Å². The van der Waals surface area contributed by atoms with Gasteiger partial charge in [0.2, 0.25) is 5.88 Å². The standard InChI is InChI=1S/C11H13N3O3S/c1-2-17-9-4-3-7-11(14-9)13-8(12-7)5-18-6-10(15)16/h3-4H,2,5-6H2,1H3,(H,15,16)(H,12,13,14). The zero-order chi connectivity index (χ0) is 13.0. The van der Waals surface area contributed by atoms with Crippen molar-refractivity contribution in [1.82, 2.24) is 15.0 Å². The van der Waals surface area contributed by atoms with Gasteiger partial charge in [-0.1, -0.05) is 0 Å². The quantitative estimate of drug-likeness (QED) is 0.827. The maximum atomic E-state index is 10.4. The fraction of sp³-hybridized carbons (Fsp3) is 0.364. The molecule has 2 rings (SSSR count). The second-order valence-electron chi connectivity index (χ2n) is 3.52. The fourth-order valence-corrected chi connectivity index (χ4v) is 2.06. The third-order valence-corrected chi connectivity index (χ3v) is 3.05. The van der Waals surface area contributed by atoms with Crippen LogP contribution in [-0.4, -0.2) is 38.4 Å². The molecule has 0 aliphatic heterocycles. The lowest BCUT2D eigenvalue weighted by Crippen LogP contribution is -1.98. The lowest BCUT2D eigenvalue weighted by Gasteiger charge is -1.99. The van der Waals surface area contributed by atoms with Crippen LogP contribution in [-0.2, 0) is 10.5 Å². The van der Waals surface area contributed by atoms with Crippen LogP contribution >= 0.6 is 11.8 Å². The number of imidazole rings is 1. The van der Waals surface area contributed by atoms with Gasteiger partial charge in [0.15, 0.2) is 5.65 Å². The van der Waals surface area contributed by atoms with Gasteiger partial charge >= 0.3 is 5.97 Å². The molecule has 2 N–H and O–H groups in total. The van der Waals surface area contributed by atoms with Gasteiger partial charge in [-0.15, -0.1) is 11.8 Å². The zero-order valence-corrected chi connectivity index (χ0v) is 10.7. The van der Waals surface area contributed by atoms with Gasteiger partial charge in [0, 0.05) is 6.07 Å². The molecule has 0 saturated heterocycles. The van der Waals surface area contributed by atoms with Gasteiger partial charge in [-0.05, 0) is 13.0 Å². The van der Waals surface area contributed by atoms with Crippen molar-refractivity contribution in [1.29, 1.82) is 0 Å². The Bertz CT molecular complexity index is 555. The molecule has 2 heterocycles. The largest absolute Gasteiger partial charge is 0.481 e. The molecule has 0 spiro atoms. The minimum Gasteiger partial charge on any atom is -0.481 e. The summed E-state index contributed by atoms with van der Waals surface area (Å²) in [5, 5.41) is 8.55. The molecule has 0 amide bonds. The SMILES string of the molecule is CCOc1ccc2[nH]c(CSCC(=O)O)nc2n1. The smallest absolute Gasteiger partial charge is 0.313 e. The van der Waals surface area contributed by atoms with E-state index in [1.165, 1.54) is 11.8 Å². The number of aliphatic carboxylic acids is 1. The van der Waals surface area contributed by atoms with Crippen molar-refractivity contribution < 1.29 is 14.6 Å². The number of rotatable bonds is 6. The first-order chi connectivity index (χ1) is 8.69. The molecule has 0 fully saturated rings. The summed E-state index contributed by atoms with van der Waals surface area (Å²) in [6.45, 7) is 2.45. The predicted octanol–water partition coefficient (Wildman–Crippen LogP) is 1.67. The predicted molar refractivity (Wildman–Crippen MR) is 68.9 cm³/mol. The molecule has 18 heavy (non-hydrogen) atoms. The molecule has 0 saturated carbocycles. The van der Waals surface area contributed by atoms with E-state index >= 15 is 0 Å². The number of hydrogen-bond donors (Lipinski definition) is 2. The van der Waals surface area contributed by atoms with Crippen molar-refractivity contribution in [3.05, 3.63) is 18.0 Å². The highest BCUT2D eigenvalue weighted by Gasteiger charge is 2.06. The number of aromatic amines is 1. The maximum Gasteiger partial charge on any atom is 0.313 e. The monoisotopic (exact) mass is 267 g/mol. The van der Waals surface area contributed by atoms with E-state index in [0.29, 0.717) is 23.9 Å². The van der Waals surface area contributed by atoms with Crippen LogP contribution in [0.3, 0.4) is 0 Å². The van der Waals surface area contributed by atoms with Gasteiger partial charge in [-0.3, -0.25) is 4.79 Å². The highest BCUT2D eigenvalue weighted by molar-refractivity contribution is 7.99. The van der Waals surface area contributed by atoms with Crippen molar-refractivity contribution >= 4 is 28.9 Å². The van der Waals surface area contributed by atoms with E-state index in [1.54, 1.807) is 6.07 Å². The van der Waals surface area contributed by atoms with Crippen LogP contribution in [0, 0.1) is 0 Å². The number of carbonyl (C=O) groups is 1. The van der Waals surface area contributed by atoms with Crippen LogP contribution in [0.2, 0.25) is 0 Å². The Kier molecular flexibility index (Phi) is 4.03. The van der Waals surface area contributed by atoms with Gasteiger partial charge < -0.3 is 14.8 Å². The van der Waals surface area contributed by atoms with Crippen molar-refractivity contribution in [2.45, 2.75) is 12.7 Å². The summed E-state index contributed by atoms with van der Waals surface area (Å²) in [5.41, 5.74) is 1.41. The van der Waals surface area contributed by atoms with Gasteiger partial charge in [0.1, 0.15) is 5.82 Å². The van der Waals surface area contributed by atoms with Crippen molar-refractivity contribution in [2.24, 2.45) is 0 Å². The average Bonchev–Trinajstić information content (AvgIpc) is 2.71. The number of H-pyrrole nitrogens is 1. The zero-order valence-electron chi connectivity index (χ0n) is 9.84. The molecule has 0 atom stereocenters. The van der Waals surface area contributed by atoms with Crippen LogP contribution < -0.4 is 4.74 Å². The molecular formula is C11H13N3O3S. The molecule has 0 radical (unpaired) electrons. The van der Waals surface area contributed by atoms with Crippen LogP contribution in [0.15, 0.2) is 12.1 Å². The van der Waals surface area contributed by atoms with E-state index in [4.69, 9.17) is 9.84 Å². The van der Waals surface area contributed by atoms with Crippen molar-refractivity contribution in [3.63, 3.8) is 0 Å². The van der Waals surface area contributed by atoms with E-state index in [2.05, 4.69) is 15.0 Å². The Labute approximate surface area is 108 Å². The molecule has 0 bridgehead atoms. The molecule has 2 aromatic rings. The third kappa shape index (κ3) is 3.13. The number of carboxylic acids is 1. The minimum atomic E-state index is -0.826. The molecular weight excluding hydrogens is 254 g/mol. The Hall–Kier alpha value is -1.76. The summed E-state index contributed by atoms with van der Waals surface area (Å²) in [7, 11) is 0. The van der Waals surface area contributed by atoms with E-state index in [-0.39, 0.29) is 5.75 Å². The second-order valence-corrected chi connectivity index (χ2v) is 4.51. The third-order valence-electron chi connectivity index (χ3n) is 2.13. The molecule has 6 nitrogen and oxygen atoms in total. The number of ether oxygens (including phenoxy) is 1. The van der Waals surface area contributed by atoms with Gasteiger partial charge in [-0.25, -0.2) is 4.98 Å². The first-order valence-corrected chi connectivity index (χ1v) is 6.62. The number of hydrogen-bond acceptors (Lipinski definition) is 5. The van der Waals surface area contributed by atoms with Crippen LogP contribution in [0.1, 0.15) is 12.7 Å². The molecule has 0 unspecified atom stereocenters. The minimum absolute atomic E-state index is 0.0642. The van der Waals surface area contributed by atoms with E-state index in [9.17, 15) is 4.79 Å². The van der Waals surface area contributed by atoms with Crippen LogP contribution in [0.4, 0.5) is 0 Å². The fourth-order valence-electron chi connectivity index (χ4n) is 1.46. The van der Waals surface area contributed by atoms with Gasteiger partial charge in [-0.2, -0.15) is 4.98 Å². The number of thioether (sulfide) groups is 1. The van der Waals surface area contributed by atoms with Gasteiger partial charge in [0.05, 0.1) is 23.6 Å². The molecule has 96 valence electrons. The number of aromatic nitrogens is 3. The van der Waals surface area contributed by atoms with Crippen LogP contribution in [0.25, 0.3) is 11.2 Å². The molecule has 0 aromatic carbocycles. The number of carboxylic acid groups (broad SMARTS) is 1. The Balaban J connectivity index is 2.09.